The van der Waals surface area contributed by atoms with Crippen molar-refractivity contribution in [3.8, 4) is 17.2 Å². The molecule has 2 aromatic rings. The van der Waals surface area contributed by atoms with Crippen molar-refractivity contribution in [1.82, 2.24) is 0 Å². The van der Waals surface area contributed by atoms with Crippen LogP contribution in [-0.2, 0) is 11.2 Å². The van der Waals surface area contributed by atoms with E-state index in [1.165, 1.54) is 20.5 Å². The second-order valence-corrected chi connectivity index (χ2v) is 3.95. The average Bonchev–Trinajstić information content (AvgIpc) is 2.84. The highest BCUT2D eigenvalue weighted by molar-refractivity contribution is 5.93. The lowest BCUT2D eigenvalue weighted by molar-refractivity contribution is -0.136. The molecule has 0 saturated carbocycles. The molecule has 0 spiro atoms. The second-order valence-electron chi connectivity index (χ2n) is 3.95. The molecule has 0 fully saturated rings. The smallest absolute Gasteiger partial charge is 0.303 e. The summed E-state index contributed by atoms with van der Waals surface area (Å²) in [5, 5.41) is 19.5. The lowest BCUT2D eigenvalue weighted by atomic mass is 10.0. The fourth-order valence-corrected chi connectivity index (χ4v) is 2.06. The number of hydrogen-bond acceptors (Lipinski definition) is 5. The molecule has 2 rings (SSSR count). The van der Waals surface area contributed by atoms with Crippen LogP contribution in [0.1, 0.15) is 12.0 Å². The number of carboxylic acid groups (broad SMARTS) is 1. The van der Waals surface area contributed by atoms with Crippen molar-refractivity contribution in [2.24, 2.45) is 0 Å². The van der Waals surface area contributed by atoms with Gasteiger partial charge in [0.05, 0.1) is 25.9 Å². The molecule has 0 atom stereocenters. The molecule has 6 nitrogen and oxygen atoms in total. The zero-order chi connectivity index (χ0) is 14.0. The maximum Gasteiger partial charge on any atom is 0.303 e. The molecular formula is C13H14O6. The summed E-state index contributed by atoms with van der Waals surface area (Å²) in [6.45, 7) is 0. The molecule has 6 heteroatoms. The summed E-state index contributed by atoms with van der Waals surface area (Å²) in [6.07, 6.45) is 1.45. The Balaban J connectivity index is 2.65. The van der Waals surface area contributed by atoms with Gasteiger partial charge in [-0.3, -0.25) is 4.79 Å². The minimum absolute atomic E-state index is 0.116. The fraction of sp³-hybridized carbons (Fsp3) is 0.308. The van der Waals surface area contributed by atoms with Crippen molar-refractivity contribution in [1.29, 1.82) is 0 Å². The van der Waals surface area contributed by atoms with Crippen LogP contribution >= 0.6 is 0 Å². The van der Waals surface area contributed by atoms with Gasteiger partial charge in [-0.2, -0.15) is 0 Å². The summed E-state index contributed by atoms with van der Waals surface area (Å²) in [7, 11) is 2.86. The molecule has 0 aliphatic heterocycles. The van der Waals surface area contributed by atoms with E-state index in [0.29, 0.717) is 22.3 Å². The summed E-state index contributed by atoms with van der Waals surface area (Å²) in [4.78, 5) is 10.7. The van der Waals surface area contributed by atoms with Crippen molar-refractivity contribution in [3.05, 3.63) is 17.9 Å². The summed E-state index contributed by atoms with van der Waals surface area (Å²) in [6, 6.07) is 1.65. The largest absolute Gasteiger partial charge is 0.504 e. The van der Waals surface area contributed by atoms with E-state index in [0.717, 1.165) is 0 Å². The highest BCUT2D eigenvalue weighted by atomic mass is 16.5. The first-order valence-electron chi connectivity index (χ1n) is 5.65. The average molecular weight is 266 g/mol. The maximum atomic E-state index is 10.7. The number of fused-ring (bicyclic) bond motifs is 1. The van der Waals surface area contributed by atoms with Crippen LogP contribution in [0, 0.1) is 0 Å². The minimum Gasteiger partial charge on any atom is -0.504 e. The number of ether oxygens (including phenoxy) is 2. The van der Waals surface area contributed by atoms with E-state index in [-0.39, 0.29) is 24.3 Å². The van der Waals surface area contributed by atoms with E-state index >= 15 is 0 Å². The van der Waals surface area contributed by atoms with Crippen LogP contribution in [-0.4, -0.2) is 30.4 Å². The number of carbonyl (C=O) groups is 1. The van der Waals surface area contributed by atoms with Crippen LogP contribution in [0.4, 0.5) is 0 Å². The predicted octanol–water partition coefficient (Wildman–Crippen LogP) is 2.17. The molecule has 0 radical (unpaired) electrons. The van der Waals surface area contributed by atoms with Crippen LogP contribution in [0.3, 0.4) is 0 Å². The number of phenols is 1. The van der Waals surface area contributed by atoms with E-state index in [1.807, 2.05) is 0 Å². The van der Waals surface area contributed by atoms with Crippen LogP contribution in [0.15, 0.2) is 16.7 Å². The summed E-state index contributed by atoms with van der Waals surface area (Å²) < 4.78 is 15.7. The van der Waals surface area contributed by atoms with Gasteiger partial charge in [-0.05, 0) is 12.5 Å². The molecule has 0 amide bonds. The molecular weight excluding hydrogens is 252 g/mol. The normalized spacial score (nSPS) is 10.6. The first-order chi connectivity index (χ1) is 9.10. The number of hydrogen-bond donors (Lipinski definition) is 2. The van der Waals surface area contributed by atoms with Crippen LogP contribution in [0.25, 0.3) is 11.0 Å². The number of aliphatic carboxylic acids is 1. The summed E-state index contributed by atoms with van der Waals surface area (Å²) in [5.74, 6) is -0.487. The van der Waals surface area contributed by atoms with Crippen molar-refractivity contribution in [2.75, 3.05) is 14.2 Å². The quantitative estimate of drug-likeness (QED) is 0.862. The van der Waals surface area contributed by atoms with Crippen LogP contribution < -0.4 is 9.47 Å². The van der Waals surface area contributed by atoms with Crippen molar-refractivity contribution in [2.45, 2.75) is 12.8 Å². The monoisotopic (exact) mass is 266 g/mol. The van der Waals surface area contributed by atoms with E-state index in [9.17, 15) is 9.90 Å². The zero-order valence-electron chi connectivity index (χ0n) is 10.6. The van der Waals surface area contributed by atoms with Crippen LogP contribution in [0.2, 0.25) is 0 Å². The maximum absolute atomic E-state index is 10.7. The molecule has 1 heterocycles. The molecule has 102 valence electrons. The lowest BCUT2D eigenvalue weighted by Gasteiger charge is -2.14. The third-order valence-corrected chi connectivity index (χ3v) is 2.89. The first-order valence-corrected chi connectivity index (χ1v) is 5.65. The molecule has 1 aromatic carbocycles. The number of rotatable bonds is 5. The third kappa shape index (κ3) is 2.16. The Bertz CT molecular complexity index is 613. The number of benzene rings is 1. The Kier molecular flexibility index (Phi) is 3.50. The van der Waals surface area contributed by atoms with Crippen molar-refractivity contribution in [3.63, 3.8) is 0 Å². The Hall–Kier alpha value is -2.37. The van der Waals surface area contributed by atoms with E-state index in [1.54, 1.807) is 6.07 Å². The Morgan fingerprint density at radius 3 is 2.58 bits per heavy atom. The highest BCUT2D eigenvalue weighted by Gasteiger charge is 2.23. The van der Waals surface area contributed by atoms with Gasteiger partial charge in [0.2, 0.25) is 0 Å². The fourth-order valence-electron chi connectivity index (χ4n) is 2.06. The molecule has 2 N–H and O–H groups in total. The standard InChI is InChI=1S/C13H14O6/c1-17-11-8-5-6-19-13(8)12(18-2)7(10(11)16)3-4-9(14)15/h5-6,16H,3-4H2,1-2H3,(H,14,15). The minimum atomic E-state index is -0.958. The van der Waals surface area contributed by atoms with Crippen molar-refractivity contribution >= 4 is 16.9 Å². The topological polar surface area (TPSA) is 89.1 Å². The van der Waals surface area contributed by atoms with Gasteiger partial charge in [-0.25, -0.2) is 0 Å². The second kappa shape index (κ2) is 5.09. The van der Waals surface area contributed by atoms with Gasteiger partial charge in [0, 0.05) is 12.0 Å². The van der Waals surface area contributed by atoms with E-state index in [4.69, 9.17) is 19.0 Å². The van der Waals surface area contributed by atoms with Crippen molar-refractivity contribution < 1.29 is 28.9 Å². The number of phenolic OH excluding ortho intramolecular Hbond substituents is 1. The lowest BCUT2D eigenvalue weighted by Crippen LogP contribution is -2.01. The van der Waals surface area contributed by atoms with Gasteiger partial charge in [-0.15, -0.1) is 0 Å². The van der Waals surface area contributed by atoms with E-state index < -0.39 is 5.97 Å². The SMILES string of the molecule is COc1c(O)c(CCC(=O)O)c(OC)c2occc12. The Morgan fingerprint density at radius 1 is 1.32 bits per heavy atom. The number of aromatic hydroxyl groups is 1. The summed E-state index contributed by atoms with van der Waals surface area (Å²) in [5.41, 5.74) is 0.793. The molecule has 0 bridgehead atoms. The van der Waals surface area contributed by atoms with Gasteiger partial charge in [-0.1, -0.05) is 0 Å². The highest BCUT2D eigenvalue weighted by Crippen LogP contribution is 2.45. The van der Waals surface area contributed by atoms with Gasteiger partial charge >= 0.3 is 5.97 Å². The van der Waals surface area contributed by atoms with Gasteiger partial charge < -0.3 is 24.1 Å². The van der Waals surface area contributed by atoms with Crippen LogP contribution in [0.5, 0.6) is 17.2 Å². The molecule has 0 unspecified atom stereocenters. The number of methoxy groups -OCH3 is 2. The molecule has 1 aromatic heterocycles. The predicted molar refractivity (Wildman–Crippen MR) is 66.9 cm³/mol. The molecule has 0 aliphatic carbocycles. The van der Waals surface area contributed by atoms with Gasteiger partial charge in [0.25, 0.3) is 0 Å². The first kappa shape index (κ1) is 13.1. The Labute approximate surface area is 109 Å². The Morgan fingerprint density at radius 2 is 2.00 bits per heavy atom. The molecule has 0 aliphatic rings. The van der Waals surface area contributed by atoms with E-state index in [2.05, 4.69) is 0 Å². The number of carboxylic acids is 1. The summed E-state index contributed by atoms with van der Waals surface area (Å²) >= 11 is 0. The van der Waals surface area contributed by atoms with Gasteiger partial charge in [0.1, 0.15) is 0 Å². The zero-order valence-corrected chi connectivity index (χ0v) is 10.6. The molecule has 0 saturated heterocycles. The third-order valence-electron chi connectivity index (χ3n) is 2.89. The number of furan rings is 1. The van der Waals surface area contributed by atoms with Gasteiger partial charge in [0.15, 0.2) is 22.8 Å². The molecule has 19 heavy (non-hydrogen) atoms.